The number of rotatable bonds is 3. The van der Waals surface area contributed by atoms with Crippen LogP contribution in [0.1, 0.15) is 16.7 Å². The van der Waals surface area contributed by atoms with E-state index in [1.54, 1.807) is 18.2 Å². The highest BCUT2D eigenvalue weighted by molar-refractivity contribution is 6.42. The first-order chi connectivity index (χ1) is 8.97. The second kappa shape index (κ2) is 5.89. The van der Waals surface area contributed by atoms with Gasteiger partial charge in [0.1, 0.15) is 20.2 Å². The molecule has 0 fully saturated rings. The summed E-state index contributed by atoms with van der Waals surface area (Å²) in [4.78, 5) is 0. The van der Waals surface area contributed by atoms with Crippen molar-refractivity contribution < 1.29 is 4.74 Å². The van der Waals surface area contributed by atoms with Crippen molar-refractivity contribution in [2.75, 3.05) is 0 Å². The Bertz CT molecular complexity index is 588. The van der Waals surface area contributed by atoms with Crippen LogP contribution in [0.15, 0.2) is 30.3 Å². The Balaban J connectivity index is 2.16. The van der Waals surface area contributed by atoms with E-state index >= 15 is 0 Å². The van der Waals surface area contributed by atoms with Gasteiger partial charge in [0.05, 0.1) is 10.0 Å². The Morgan fingerprint density at radius 2 is 1.63 bits per heavy atom. The Hall–Kier alpha value is -1.12. The van der Waals surface area contributed by atoms with Crippen LogP contribution in [0.2, 0.25) is 10.0 Å². The number of ether oxygens (including phenoxy) is 1. The summed E-state index contributed by atoms with van der Waals surface area (Å²) >= 11 is 11.8. The molecular weight excluding hydrogens is 278 g/mol. The average Bonchev–Trinajstić information content (AvgIpc) is 2.32. The third-order valence-corrected chi connectivity index (χ3v) is 3.73. The maximum absolute atomic E-state index is 5.95. The molecule has 0 amide bonds. The van der Waals surface area contributed by atoms with Gasteiger partial charge < -0.3 is 4.74 Å². The third kappa shape index (κ3) is 3.46. The van der Waals surface area contributed by atoms with Crippen molar-refractivity contribution >= 4 is 36.5 Å². The van der Waals surface area contributed by atoms with E-state index in [1.807, 2.05) is 26.0 Å². The van der Waals surface area contributed by atoms with Crippen molar-refractivity contribution in [3.63, 3.8) is 0 Å². The number of hydrogen-bond acceptors (Lipinski definition) is 1. The molecule has 0 aliphatic carbocycles. The van der Waals surface area contributed by atoms with Crippen LogP contribution in [-0.2, 0) is 6.61 Å². The predicted molar refractivity (Wildman–Crippen MR) is 82.1 cm³/mol. The normalized spacial score (nSPS) is 10.5. The number of aryl methyl sites for hydroxylation is 2. The van der Waals surface area contributed by atoms with Crippen molar-refractivity contribution in [3.05, 3.63) is 57.1 Å². The van der Waals surface area contributed by atoms with E-state index in [0.717, 1.165) is 22.2 Å². The first-order valence-electron chi connectivity index (χ1n) is 5.91. The van der Waals surface area contributed by atoms with Crippen LogP contribution in [-0.4, -0.2) is 7.85 Å². The molecule has 0 heterocycles. The average molecular weight is 291 g/mol. The van der Waals surface area contributed by atoms with Crippen molar-refractivity contribution in [2.24, 2.45) is 0 Å². The Kier molecular flexibility index (Phi) is 4.44. The van der Waals surface area contributed by atoms with Crippen LogP contribution in [0.25, 0.3) is 0 Å². The highest BCUT2D eigenvalue weighted by Gasteiger charge is 2.06. The Morgan fingerprint density at radius 3 is 2.21 bits per heavy atom. The Labute approximate surface area is 124 Å². The summed E-state index contributed by atoms with van der Waals surface area (Å²) in [6, 6.07) is 9.13. The summed E-state index contributed by atoms with van der Waals surface area (Å²) < 4.78 is 5.75. The van der Waals surface area contributed by atoms with Crippen molar-refractivity contribution in [1.29, 1.82) is 0 Å². The van der Waals surface area contributed by atoms with Crippen LogP contribution in [0, 0.1) is 13.8 Å². The van der Waals surface area contributed by atoms with Crippen LogP contribution in [0.4, 0.5) is 0 Å². The molecule has 0 aliphatic rings. The van der Waals surface area contributed by atoms with E-state index in [1.165, 1.54) is 0 Å². The maximum Gasteiger partial charge on any atom is 0.121 e. The summed E-state index contributed by atoms with van der Waals surface area (Å²) in [5.74, 6) is 0.699. The smallest absolute Gasteiger partial charge is 0.121 e. The molecule has 0 aromatic heterocycles. The molecule has 2 radical (unpaired) electrons. The van der Waals surface area contributed by atoms with Gasteiger partial charge in [0.25, 0.3) is 0 Å². The van der Waals surface area contributed by atoms with Crippen LogP contribution in [0.5, 0.6) is 5.75 Å². The summed E-state index contributed by atoms with van der Waals surface area (Å²) in [5.41, 5.74) is 4.16. The topological polar surface area (TPSA) is 9.23 Å². The van der Waals surface area contributed by atoms with Crippen LogP contribution < -0.4 is 10.2 Å². The van der Waals surface area contributed by atoms with E-state index in [-0.39, 0.29) is 0 Å². The molecule has 0 atom stereocenters. The highest BCUT2D eigenvalue weighted by atomic mass is 35.5. The van der Waals surface area contributed by atoms with Crippen molar-refractivity contribution in [2.45, 2.75) is 20.5 Å². The van der Waals surface area contributed by atoms with E-state index in [2.05, 4.69) is 0 Å². The summed E-state index contributed by atoms with van der Waals surface area (Å²) in [6.45, 7) is 4.53. The number of halogens is 2. The molecular formula is C15H13BCl2O. The molecule has 2 rings (SSSR count). The molecule has 0 bridgehead atoms. The van der Waals surface area contributed by atoms with Gasteiger partial charge in [0.2, 0.25) is 0 Å². The summed E-state index contributed by atoms with van der Waals surface area (Å²) in [7, 11) is 5.80. The van der Waals surface area contributed by atoms with Gasteiger partial charge in [-0.3, -0.25) is 0 Å². The minimum absolute atomic E-state index is 0.482. The van der Waals surface area contributed by atoms with E-state index in [0.29, 0.717) is 22.4 Å². The first-order valence-corrected chi connectivity index (χ1v) is 6.66. The van der Waals surface area contributed by atoms with Gasteiger partial charge >= 0.3 is 0 Å². The van der Waals surface area contributed by atoms with Gasteiger partial charge in [-0.15, -0.1) is 0 Å². The van der Waals surface area contributed by atoms with Gasteiger partial charge in [-0.2, -0.15) is 0 Å². The summed E-state index contributed by atoms with van der Waals surface area (Å²) in [5, 5.41) is 1.01. The van der Waals surface area contributed by atoms with Gasteiger partial charge in [-0.1, -0.05) is 40.8 Å². The van der Waals surface area contributed by atoms with Gasteiger partial charge in [-0.05, 0) is 42.7 Å². The molecule has 0 aliphatic heterocycles. The monoisotopic (exact) mass is 290 g/mol. The lowest BCUT2D eigenvalue weighted by Gasteiger charge is -2.13. The zero-order valence-corrected chi connectivity index (χ0v) is 12.3. The fourth-order valence-corrected chi connectivity index (χ4v) is 2.26. The highest BCUT2D eigenvalue weighted by Crippen LogP contribution is 2.27. The molecule has 0 N–H and O–H groups in total. The molecule has 1 nitrogen and oxygen atoms in total. The Morgan fingerprint density at radius 1 is 1.00 bits per heavy atom. The molecule has 2 aromatic rings. The lowest BCUT2D eigenvalue weighted by atomic mass is 9.89. The second-order valence-electron chi connectivity index (χ2n) is 4.50. The van der Waals surface area contributed by atoms with E-state index in [9.17, 15) is 0 Å². The lowest BCUT2D eigenvalue weighted by molar-refractivity contribution is 0.304. The SMILES string of the molecule is [B]c1cc(C)c(COc2ccc(Cl)c(Cl)c2)c(C)c1. The number of benzene rings is 2. The third-order valence-electron chi connectivity index (χ3n) is 2.99. The first kappa shape index (κ1) is 14.3. The predicted octanol–water partition coefficient (Wildman–Crippen LogP) is 3.98. The molecule has 96 valence electrons. The number of hydrogen-bond donors (Lipinski definition) is 0. The molecule has 4 heteroatoms. The van der Waals surface area contributed by atoms with Crippen molar-refractivity contribution in [1.82, 2.24) is 0 Å². The molecule has 0 spiro atoms. The zero-order chi connectivity index (χ0) is 14.0. The standard InChI is InChI=1S/C15H13BCl2O/c1-9-5-11(16)6-10(2)13(9)8-19-12-3-4-14(17)15(18)7-12/h3-7H,8H2,1-2H3. The van der Waals surface area contributed by atoms with Gasteiger partial charge in [-0.25, -0.2) is 0 Å². The molecule has 2 aromatic carbocycles. The molecule has 19 heavy (non-hydrogen) atoms. The molecule has 0 saturated heterocycles. The largest absolute Gasteiger partial charge is 0.489 e. The summed E-state index contributed by atoms with van der Waals surface area (Å²) in [6.07, 6.45) is 0. The quantitative estimate of drug-likeness (QED) is 0.777. The van der Waals surface area contributed by atoms with Crippen molar-refractivity contribution in [3.8, 4) is 5.75 Å². The lowest BCUT2D eigenvalue weighted by Crippen LogP contribution is -2.09. The zero-order valence-electron chi connectivity index (χ0n) is 10.8. The van der Waals surface area contributed by atoms with E-state index in [4.69, 9.17) is 35.8 Å². The molecule has 0 unspecified atom stereocenters. The van der Waals surface area contributed by atoms with Gasteiger partial charge in [0, 0.05) is 6.07 Å². The van der Waals surface area contributed by atoms with Gasteiger partial charge in [0.15, 0.2) is 0 Å². The maximum atomic E-state index is 5.95. The second-order valence-corrected chi connectivity index (χ2v) is 5.31. The minimum Gasteiger partial charge on any atom is -0.489 e. The molecule has 0 saturated carbocycles. The van der Waals surface area contributed by atoms with Crippen LogP contribution >= 0.6 is 23.2 Å². The van der Waals surface area contributed by atoms with Crippen LogP contribution in [0.3, 0.4) is 0 Å². The fourth-order valence-electron chi connectivity index (χ4n) is 1.98. The van der Waals surface area contributed by atoms with E-state index < -0.39 is 0 Å². The minimum atomic E-state index is 0.482. The fraction of sp³-hybridized carbons (Fsp3) is 0.200.